The number of nitrogens with zero attached hydrogens (tertiary/aromatic N) is 3. The zero-order valence-electron chi connectivity index (χ0n) is 17.6. The highest BCUT2D eigenvalue weighted by Crippen LogP contribution is 2.31. The molecule has 0 aliphatic rings. The minimum Gasteiger partial charge on any atom is -0.345 e. The SMILES string of the molecule is Cc1cccc(CSc2nnc(CNC(=O)c3ccc(Cl)cc3)n2-c2cc(Cl)ccc2Cl)c1. The largest absolute Gasteiger partial charge is 0.345 e. The van der Waals surface area contributed by atoms with Crippen molar-refractivity contribution in [2.75, 3.05) is 0 Å². The molecule has 0 fully saturated rings. The fraction of sp³-hybridized carbons (Fsp3) is 0.125. The van der Waals surface area contributed by atoms with Gasteiger partial charge in [0.15, 0.2) is 11.0 Å². The summed E-state index contributed by atoms with van der Waals surface area (Å²) < 4.78 is 1.83. The first-order valence-electron chi connectivity index (χ1n) is 10.0. The molecule has 0 aliphatic heterocycles. The van der Waals surface area contributed by atoms with Gasteiger partial charge in [-0.15, -0.1) is 10.2 Å². The van der Waals surface area contributed by atoms with Crippen molar-refractivity contribution in [2.24, 2.45) is 0 Å². The van der Waals surface area contributed by atoms with Crippen LogP contribution in [0.3, 0.4) is 0 Å². The van der Waals surface area contributed by atoms with Gasteiger partial charge in [0.25, 0.3) is 5.91 Å². The first-order valence-corrected chi connectivity index (χ1v) is 12.1. The van der Waals surface area contributed by atoms with Crippen LogP contribution in [0, 0.1) is 6.92 Å². The van der Waals surface area contributed by atoms with E-state index in [4.69, 9.17) is 34.8 Å². The molecule has 0 saturated heterocycles. The molecule has 1 N–H and O–H groups in total. The lowest BCUT2D eigenvalue weighted by atomic mass is 10.2. The van der Waals surface area contributed by atoms with E-state index in [0.717, 1.165) is 0 Å². The molecule has 3 aromatic carbocycles. The Balaban J connectivity index is 1.61. The minimum absolute atomic E-state index is 0.155. The molecule has 33 heavy (non-hydrogen) atoms. The van der Waals surface area contributed by atoms with E-state index >= 15 is 0 Å². The van der Waals surface area contributed by atoms with Gasteiger partial charge in [-0.25, -0.2) is 0 Å². The Morgan fingerprint density at radius 3 is 2.48 bits per heavy atom. The van der Waals surface area contributed by atoms with Gasteiger partial charge in [-0.3, -0.25) is 9.36 Å². The van der Waals surface area contributed by atoms with E-state index in [1.165, 1.54) is 22.9 Å². The Bertz CT molecular complexity index is 1290. The number of halogens is 3. The number of benzene rings is 3. The number of hydrogen-bond donors (Lipinski definition) is 1. The number of rotatable bonds is 7. The van der Waals surface area contributed by atoms with Gasteiger partial charge >= 0.3 is 0 Å². The minimum atomic E-state index is -0.243. The quantitative estimate of drug-likeness (QED) is 0.275. The van der Waals surface area contributed by atoms with E-state index in [0.29, 0.717) is 43.1 Å². The zero-order chi connectivity index (χ0) is 23.4. The van der Waals surface area contributed by atoms with Gasteiger partial charge in [-0.1, -0.05) is 76.4 Å². The molecule has 0 unspecified atom stereocenters. The number of thioether (sulfide) groups is 1. The summed E-state index contributed by atoms with van der Waals surface area (Å²) in [4.78, 5) is 12.6. The van der Waals surface area contributed by atoms with Gasteiger partial charge in [0.05, 0.1) is 17.3 Å². The van der Waals surface area contributed by atoms with Crippen molar-refractivity contribution in [1.82, 2.24) is 20.1 Å². The lowest BCUT2D eigenvalue weighted by Gasteiger charge is -2.13. The molecule has 5 nitrogen and oxygen atoms in total. The lowest BCUT2D eigenvalue weighted by molar-refractivity contribution is 0.0949. The van der Waals surface area contributed by atoms with Crippen LogP contribution < -0.4 is 5.32 Å². The number of carbonyl (C=O) groups is 1. The highest BCUT2D eigenvalue weighted by Gasteiger charge is 2.18. The second-order valence-electron chi connectivity index (χ2n) is 7.30. The van der Waals surface area contributed by atoms with Crippen molar-refractivity contribution >= 4 is 52.5 Å². The second kappa shape index (κ2) is 10.6. The number of amides is 1. The van der Waals surface area contributed by atoms with Crippen molar-refractivity contribution in [2.45, 2.75) is 24.4 Å². The van der Waals surface area contributed by atoms with Crippen LogP contribution in [-0.2, 0) is 12.3 Å². The average Bonchev–Trinajstić information content (AvgIpc) is 3.20. The number of nitrogens with one attached hydrogen (secondary N) is 1. The molecule has 9 heteroatoms. The van der Waals surface area contributed by atoms with E-state index in [1.54, 1.807) is 42.5 Å². The first-order chi connectivity index (χ1) is 15.9. The molecule has 0 saturated carbocycles. The molecular formula is C24H19Cl3N4OS. The molecule has 1 amide bonds. The van der Waals surface area contributed by atoms with Crippen LogP contribution in [0.1, 0.15) is 27.3 Å². The van der Waals surface area contributed by atoms with E-state index in [2.05, 4.69) is 40.6 Å². The van der Waals surface area contributed by atoms with Gasteiger partial charge in [-0.2, -0.15) is 0 Å². The van der Waals surface area contributed by atoms with Crippen LogP contribution in [0.4, 0.5) is 0 Å². The smallest absolute Gasteiger partial charge is 0.251 e. The summed E-state index contributed by atoms with van der Waals surface area (Å²) in [5.41, 5.74) is 3.51. The van der Waals surface area contributed by atoms with Gasteiger partial charge in [0.1, 0.15) is 0 Å². The van der Waals surface area contributed by atoms with Crippen molar-refractivity contribution in [3.8, 4) is 5.69 Å². The third kappa shape index (κ3) is 5.89. The molecule has 1 heterocycles. The molecule has 0 radical (unpaired) electrons. The van der Waals surface area contributed by atoms with E-state index in [1.807, 2.05) is 10.6 Å². The molecular weight excluding hydrogens is 499 g/mol. The van der Waals surface area contributed by atoms with Crippen molar-refractivity contribution < 1.29 is 4.79 Å². The number of aromatic nitrogens is 3. The van der Waals surface area contributed by atoms with Crippen LogP contribution in [0.5, 0.6) is 0 Å². The summed E-state index contributed by atoms with van der Waals surface area (Å²) >= 11 is 20.2. The third-order valence-electron chi connectivity index (χ3n) is 4.81. The average molecular weight is 518 g/mol. The van der Waals surface area contributed by atoms with Crippen LogP contribution in [0.25, 0.3) is 5.69 Å². The number of hydrogen-bond acceptors (Lipinski definition) is 4. The molecule has 4 aromatic rings. The van der Waals surface area contributed by atoms with Gasteiger partial charge in [0.2, 0.25) is 0 Å². The summed E-state index contributed by atoms with van der Waals surface area (Å²) in [6, 6.07) is 20.2. The maximum absolute atomic E-state index is 12.6. The molecule has 0 atom stereocenters. The highest BCUT2D eigenvalue weighted by atomic mass is 35.5. The Morgan fingerprint density at radius 2 is 1.73 bits per heavy atom. The molecule has 0 aliphatic carbocycles. The van der Waals surface area contributed by atoms with Gasteiger partial charge in [-0.05, 0) is 55.0 Å². The first kappa shape index (κ1) is 23.6. The van der Waals surface area contributed by atoms with E-state index in [-0.39, 0.29) is 12.5 Å². The Kier molecular flexibility index (Phi) is 7.60. The fourth-order valence-electron chi connectivity index (χ4n) is 3.22. The van der Waals surface area contributed by atoms with Crippen LogP contribution in [0.15, 0.2) is 71.9 Å². The Labute approximate surface area is 211 Å². The summed E-state index contributed by atoms with van der Waals surface area (Å²) in [7, 11) is 0. The third-order valence-corrected chi connectivity index (χ3v) is 6.62. The van der Waals surface area contributed by atoms with Crippen LogP contribution in [-0.4, -0.2) is 20.7 Å². The summed E-state index contributed by atoms with van der Waals surface area (Å²) in [6.07, 6.45) is 0. The van der Waals surface area contributed by atoms with E-state index in [9.17, 15) is 4.79 Å². The standard InChI is InChI=1S/C24H19Cl3N4OS/c1-15-3-2-4-16(11-15)14-33-24-30-29-22(31(24)21-12-19(26)9-10-20(21)27)13-28-23(32)17-5-7-18(25)8-6-17/h2-12H,13-14H2,1H3,(H,28,32). The summed E-state index contributed by atoms with van der Waals surface area (Å²) in [5, 5.41) is 13.8. The predicted molar refractivity (Wildman–Crippen MR) is 135 cm³/mol. The molecule has 1 aromatic heterocycles. The molecule has 0 bridgehead atoms. The number of aryl methyl sites for hydroxylation is 1. The second-order valence-corrected chi connectivity index (χ2v) is 9.52. The monoisotopic (exact) mass is 516 g/mol. The maximum atomic E-state index is 12.6. The van der Waals surface area contributed by atoms with Gasteiger partial charge in [0, 0.05) is 21.4 Å². The molecule has 168 valence electrons. The number of carbonyl (C=O) groups excluding carboxylic acids is 1. The predicted octanol–water partition coefficient (Wildman–Crippen LogP) is 6.76. The van der Waals surface area contributed by atoms with Crippen molar-refractivity contribution in [1.29, 1.82) is 0 Å². The highest BCUT2D eigenvalue weighted by molar-refractivity contribution is 7.98. The summed E-state index contributed by atoms with van der Waals surface area (Å²) in [6.45, 7) is 2.21. The lowest BCUT2D eigenvalue weighted by Crippen LogP contribution is -2.24. The zero-order valence-corrected chi connectivity index (χ0v) is 20.6. The normalized spacial score (nSPS) is 10.9. The van der Waals surface area contributed by atoms with Crippen molar-refractivity contribution in [3.05, 3.63) is 104 Å². The fourth-order valence-corrected chi connectivity index (χ4v) is 4.62. The maximum Gasteiger partial charge on any atom is 0.251 e. The van der Waals surface area contributed by atoms with Gasteiger partial charge < -0.3 is 5.32 Å². The Morgan fingerprint density at radius 1 is 0.970 bits per heavy atom. The summed E-state index contributed by atoms with van der Waals surface area (Å²) in [5.74, 6) is 0.996. The van der Waals surface area contributed by atoms with E-state index < -0.39 is 0 Å². The van der Waals surface area contributed by atoms with Crippen LogP contribution in [0.2, 0.25) is 15.1 Å². The molecule has 4 rings (SSSR count). The molecule has 0 spiro atoms. The van der Waals surface area contributed by atoms with Crippen LogP contribution >= 0.6 is 46.6 Å². The Hall–Kier alpha value is -2.51. The topological polar surface area (TPSA) is 59.8 Å². The van der Waals surface area contributed by atoms with Crippen molar-refractivity contribution in [3.63, 3.8) is 0 Å².